The summed E-state index contributed by atoms with van der Waals surface area (Å²) in [6, 6.07) is 1.72. The minimum atomic E-state index is -0.866. The molecule has 1 atom stereocenters. The first-order valence-electron chi connectivity index (χ1n) is 5.74. The van der Waals surface area contributed by atoms with Gasteiger partial charge in [0.05, 0.1) is 5.60 Å². The molecule has 0 aliphatic heterocycles. The van der Waals surface area contributed by atoms with Gasteiger partial charge in [0.1, 0.15) is 11.6 Å². The van der Waals surface area contributed by atoms with Crippen molar-refractivity contribution in [3.63, 3.8) is 0 Å². The van der Waals surface area contributed by atoms with Crippen molar-refractivity contribution < 1.29 is 9.84 Å². The third-order valence-corrected chi connectivity index (χ3v) is 2.49. The van der Waals surface area contributed by atoms with Gasteiger partial charge in [-0.3, -0.25) is 0 Å². The summed E-state index contributed by atoms with van der Waals surface area (Å²) in [5.74, 6) is 1.38. The van der Waals surface area contributed by atoms with E-state index in [1.54, 1.807) is 27.1 Å². The number of nitrogen functional groups attached to an aromatic ring is 1. The summed E-state index contributed by atoms with van der Waals surface area (Å²) >= 11 is 0. The predicted octanol–water partition coefficient (Wildman–Crippen LogP) is 0.300. The Balaban J connectivity index is 2.59. The van der Waals surface area contributed by atoms with Gasteiger partial charge in [-0.1, -0.05) is 0 Å². The van der Waals surface area contributed by atoms with E-state index in [1.807, 2.05) is 0 Å². The molecule has 1 aromatic heterocycles. The van der Waals surface area contributed by atoms with Crippen LogP contribution < -0.4 is 16.4 Å². The van der Waals surface area contributed by atoms with Crippen molar-refractivity contribution >= 4 is 17.6 Å². The Morgan fingerprint density at radius 2 is 2.11 bits per heavy atom. The summed E-state index contributed by atoms with van der Waals surface area (Å²) in [5, 5.41) is 16.0. The summed E-state index contributed by atoms with van der Waals surface area (Å²) in [7, 11) is 3.36. The molecule has 0 fully saturated rings. The Morgan fingerprint density at radius 1 is 1.44 bits per heavy atom. The van der Waals surface area contributed by atoms with Crippen LogP contribution in [0.15, 0.2) is 6.07 Å². The second kappa shape index (κ2) is 6.36. The maximum absolute atomic E-state index is 10.1. The van der Waals surface area contributed by atoms with Gasteiger partial charge in [-0.25, -0.2) is 0 Å². The highest BCUT2D eigenvalue weighted by Crippen LogP contribution is 2.15. The Bertz CT molecular complexity index is 384. The molecule has 0 bridgehead atoms. The second-order valence-electron chi connectivity index (χ2n) is 4.34. The second-order valence-corrected chi connectivity index (χ2v) is 4.34. The molecule has 1 rings (SSSR count). The number of ether oxygens (including phenoxy) is 1. The van der Waals surface area contributed by atoms with Gasteiger partial charge in [0.2, 0.25) is 5.95 Å². The number of anilines is 3. The van der Waals surface area contributed by atoms with Crippen LogP contribution in [0.25, 0.3) is 0 Å². The standard InChI is InChI=1S/C11H21N5O2/c1-11(17,4-5-18-3)7-14-9-6-8(13-2)15-10(12)16-9/h6,17H,4-5,7H2,1-3H3,(H4,12,13,14,15,16). The lowest BCUT2D eigenvalue weighted by molar-refractivity contribution is 0.0357. The highest BCUT2D eigenvalue weighted by atomic mass is 16.5. The quantitative estimate of drug-likeness (QED) is 0.555. The van der Waals surface area contributed by atoms with Crippen LogP contribution in [0.3, 0.4) is 0 Å². The molecule has 18 heavy (non-hydrogen) atoms. The smallest absolute Gasteiger partial charge is 0.223 e. The van der Waals surface area contributed by atoms with Gasteiger partial charge in [0.25, 0.3) is 0 Å². The molecule has 0 spiro atoms. The van der Waals surface area contributed by atoms with Gasteiger partial charge < -0.3 is 26.2 Å². The highest BCUT2D eigenvalue weighted by molar-refractivity contribution is 5.50. The molecule has 102 valence electrons. The molecule has 0 aliphatic rings. The fourth-order valence-electron chi connectivity index (χ4n) is 1.38. The molecular weight excluding hydrogens is 234 g/mol. The fraction of sp³-hybridized carbons (Fsp3) is 0.636. The molecule has 1 unspecified atom stereocenters. The average molecular weight is 255 g/mol. The molecule has 0 saturated heterocycles. The molecule has 7 heteroatoms. The molecule has 1 heterocycles. The third-order valence-electron chi connectivity index (χ3n) is 2.49. The van der Waals surface area contributed by atoms with Crippen LogP contribution in [0.1, 0.15) is 13.3 Å². The van der Waals surface area contributed by atoms with E-state index in [2.05, 4.69) is 20.6 Å². The van der Waals surface area contributed by atoms with E-state index >= 15 is 0 Å². The Hall–Kier alpha value is -1.60. The first-order valence-corrected chi connectivity index (χ1v) is 5.74. The van der Waals surface area contributed by atoms with Crippen LogP contribution in [0, 0.1) is 0 Å². The Morgan fingerprint density at radius 3 is 2.72 bits per heavy atom. The van der Waals surface area contributed by atoms with E-state index in [0.717, 1.165) is 0 Å². The lowest BCUT2D eigenvalue weighted by atomic mass is 10.0. The SMILES string of the molecule is CNc1cc(NCC(C)(O)CCOC)nc(N)n1. The van der Waals surface area contributed by atoms with Crippen molar-refractivity contribution in [1.29, 1.82) is 0 Å². The van der Waals surface area contributed by atoms with Crippen molar-refractivity contribution in [2.45, 2.75) is 18.9 Å². The molecule has 0 saturated carbocycles. The van der Waals surface area contributed by atoms with Crippen LogP contribution in [0.2, 0.25) is 0 Å². The molecule has 0 aliphatic carbocycles. The maximum atomic E-state index is 10.1. The van der Waals surface area contributed by atoms with Gasteiger partial charge in [-0.2, -0.15) is 9.97 Å². The number of hydrogen-bond acceptors (Lipinski definition) is 7. The minimum Gasteiger partial charge on any atom is -0.388 e. The first kappa shape index (κ1) is 14.5. The monoisotopic (exact) mass is 255 g/mol. The highest BCUT2D eigenvalue weighted by Gasteiger charge is 2.19. The van der Waals surface area contributed by atoms with Crippen LogP contribution >= 0.6 is 0 Å². The van der Waals surface area contributed by atoms with E-state index in [9.17, 15) is 5.11 Å². The third kappa shape index (κ3) is 4.72. The Labute approximate surface area is 107 Å². The number of nitrogens with two attached hydrogens (primary N) is 1. The minimum absolute atomic E-state index is 0.181. The zero-order chi connectivity index (χ0) is 13.6. The van der Waals surface area contributed by atoms with Crippen LogP contribution in [0.5, 0.6) is 0 Å². The Kier molecular flexibility index (Phi) is 5.11. The molecule has 7 nitrogen and oxygen atoms in total. The molecule has 5 N–H and O–H groups in total. The molecule has 1 aromatic rings. The van der Waals surface area contributed by atoms with Crippen LogP contribution in [-0.2, 0) is 4.74 Å². The molecule has 0 amide bonds. The summed E-state index contributed by atoms with van der Waals surface area (Å²) in [6.45, 7) is 2.60. The number of aliphatic hydroxyl groups is 1. The van der Waals surface area contributed by atoms with Crippen molar-refractivity contribution in [3.8, 4) is 0 Å². The van der Waals surface area contributed by atoms with Gasteiger partial charge in [0, 0.05) is 39.8 Å². The summed E-state index contributed by atoms with van der Waals surface area (Å²) < 4.78 is 4.94. The number of nitrogens with zero attached hydrogens (tertiary/aromatic N) is 2. The molecule has 0 radical (unpaired) electrons. The zero-order valence-corrected chi connectivity index (χ0v) is 11.0. The van der Waals surface area contributed by atoms with E-state index < -0.39 is 5.60 Å². The first-order chi connectivity index (χ1) is 8.46. The summed E-state index contributed by atoms with van der Waals surface area (Å²) in [5.41, 5.74) is 4.70. The van der Waals surface area contributed by atoms with Crippen molar-refractivity contribution in [1.82, 2.24) is 9.97 Å². The number of nitrogens with one attached hydrogen (secondary N) is 2. The van der Waals surface area contributed by atoms with E-state index in [-0.39, 0.29) is 5.95 Å². The normalized spacial score (nSPS) is 14.0. The number of hydrogen-bond donors (Lipinski definition) is 4. The van der Waals surface area contributed by atoms with Gasteiger partial charge in [-0.05, 0) is 6.92 Å². The summed E-state index contributed by atoms with van der Waals surface area (Å²) in [6.07, 6.45) is 0.538. The molecule has 0 aromatic carbocycles. The fourth-order valence-corrected chi connectivity index (χ4v) is 1.38. The number of rotatable bonds is 7. The van der Waals surface area contributed by atoms with E-state index in [0.29, 0.717) is 31.2 Å². The largest absolute Gasteiger partial charge is 0.388 e. The van der Waals surface area contributed by atoms with Crippen molar-refractivity contribution in [2.24, 2.45) is 0 Å². The predicted molar refractivity (Wildman–Crippen MR) is 71.6 cm³/mol. The van der Waals surface area contributed by atoms with Gasteiger partial charge >= 0.3 is 0 Å². The number of methoxy groups -OCH3 is 1. The maximum Gasteiger partial charge on any atom is 0.223 e. The van der Waals surface area contributed by atoms with Crippen molar-refractivity contribution in [2.75, 3.05) is 43.7 Å². The number of aromatic nitrogens is 2. The average Bonchev–Trinajstić information content (AvgIpc) is 2.33. The lowest BCUT2D eigenvalue weighted by Crippen LogP contribution is -2.34. The van der Waals surface area contributed by atoms with Crippen molar-refractivity contribution in [3.05, 3.63) is 6.07 Å². The van der Waals surface area contributed by atoms with Gasteiger partial charge in [-0.15, -0.1) is 0 Å². The van der Waals surface area contributed by atoms with E-state index in [1.165, 1.54) is 0 Å². The zero-order valence-electron chi connectivity index (χ0n) is 11.0. The lowest BCUT2D eigenvalue weighted by Gasteiger charge is -2.23. The van der Waals surface area contributed by atoms with Crippen LogP contribution in [-0.4, -0.2) is 48.0 Å². The topological polar surface area (TPSA) is 105 Å². The molecular formula is C11H21N5O2. The van der Waals surface area contributed by atoms with E-state index in [4.69, 9.17) is 10.5 Å². The van der Waals surface area contributed by atoms with Crippen LogP contribution in [0.4, 0.5) is 17.6 Å². The van der Waals surface area contributed by atoms with Gasteiger partial charge in [0.15, 0.2) is 0 Å². The summed E-state index contributed by atoms with van der Waals surface area (Å²) in [4.78, 5) is 8.02.